The van der Waals surface area contributed by atoms with E-state index in [1.165, 1.54) is 18.2 Å². The van der Waals surface area contributed by atoms with E-state index >= 15 is 0 Å². The zero-order valence-electron chi connectivity index (χ0n) is 7.88. The van der Waals surface area contributed by atoms with Gasteiger partial charge in [0.05, 0.1) is 0 Å². The van der Waals surface area contributed by atoms with Crippen molar-refractivity contribution < 1.29 is 18.3 Å². The maximum Gasteiger partial charge on any atom is 0.407 e. The highest BCUT2D eigenvalue weighted by Gasteiger charge is 2.39. The van der Waals surface area contributed by atoms with Crippen molar-refractivity contribution >= 4 is 11.8 Å². The van der Waals surface area contributed by atoms with Crippen LogP contribution in [0.5, 0.6) is 5.75 Å². The van der Waals surface area contributed by atoms with Crippen LogP contribution in [-0.4, -0.2) is 17.5 Å². The summed E-state index contributed by atoms with van der Waals surface area (Å²) in [4.78, 5) is 0.382. The molecule has 1 atom stereocenters. The van der Waals surface area contributed by atoms with Crippen LogP contribution >= 0.6 is 11.8 Å². The zero-order valence-corrected chi connectivity index (χ0v) is 8.69. The summed E-state index contributed by atoms with van der Waals surface area (Å²) in [5.41, 5.74) is 4.71. The summed E-state index contributed by atoms with van der Waals surface area (Å²) in [6, 6.07) is 2.00. The Labute approximate surface area is 89.3 Å². The minimum absolute atomic E-state index is 0.297. The largest absolute Gasteiger partial charge is 0.506 e. The van der Waals surface area contributed by atoms with Gasteiger partial charge in [-0.25, -0.2) is 0 Å². The molecule has 0 aliphatic heterocycles. The molecule has 0 spiro atoms. The molecule has 0 bridgehead atoms. The third-order valence-electron chi connectivity index (χ3n) is 1.94. The van der Waals surface area contributed by atoms with Crippen molar-refractivity contribution in [3.63, 3.8) is 0 Å². The molecule has 1 aromatic carbocycles. The van der Waals surface area contributed by atoms with Crippen LogP contribution in [0.4, 0.5) is 13.2 Å². The van der Waals surface area contributed by atoms with Crippen molar-refractivity contribution in [2.45, 2.75) is 17.1 Å². The first kappa shape index (κ1) is 12.2. The van der Waals surface area contributed by atoms with Crippen molar-refractivity contribution in [3.05, 3.63) is 23.8 Å². The quantitative estimate of drug-likeness (QED) is 0.777. The normalized spacial score (nSPS) is 13.9. The summed E-state index contributed by atoms with van der Waals surface area (Å²) in [6.45, 7) is 0. The van der Waals surface area contributed by atoms with Crippen LogP contribution in [0.2, 0.25) is 0 Å². The van der Waals surface area contributed by atoms with Crippen molar-refractivity contribution in [1.29, 1.82) is 0 Å². The molecule has 15 heavy (non-hydrogen) atoms. The number of nitrogens with two attached hydrogens (primary N) is 1. The van der Waals surface area contributed by atoms with Crippen molar-refractivity contribution in [2.75, 3.05) is 6.26 Å². The highest BCUT2D eigenvalue weighted by Crippen LogP contribution is 2.38. The third kappa shape index (κ3) is 2.57. The molecule has 0 unspecified atom stereocenters. The molecule has 0 amide bonds. The molecule has 1 aromatic rings. The van der Waals surface area contributed by atoms with Gasteiger partial charge in [0.25, 0.3) is 0 Å². The van der Waals surface area contributed by atoms with Gasteiger partial charge in [-0.1, -0.05) is 12.1 Å². The fourth-order valence-electron chi connectivity index (χ4n) is 1.13. The Morgan fingerprint density at radius 1 is 1.40 bits per heavy atom. The predicted octanol–water partition coefficient (Wildman–Crippen LogP) is 2.68. The Kier molecular flexibility index (Phi) is 3.51. The lowest BCUT2D eigenvalue weighted by Gasteiger charge is -2.17. The van der Waals surface area contributed by atoms with Gasteiger partial charge in [0, 0.05) is 10.5 Å². The smallest absolute Gasteiger partial charge is 0.407 e. The molecule has 0 saturated heterocycles. The van der Waals surface area contributed by atoms with Gasteiger partial charge in [-0.2, -0.15) is 13.2 Å². The lowest BCUT2D eigenvalue weighted by atomic mass is 10.1. The van der Waals surface area contributed by atoms with Crippen LogP contribution in [0.3, 0.4) is 0 Å². The van der Waals surface area contributed by atoms with Crippen LogP contribution in [-0.2, 0) is 0 Å². The first-order valence-corrected chi connectivity index (χ1v) is 5.28. The molecule has 6 heteroatoms. The summed E-state index contributed by atoms with van der Waals surface area (Å²) in [7, 11) is 0. The average Bonchev–Trinajstić information content (AvgIpc) is 2.16. The molecular weight excluding hydrogens is 227 g/mol. The number of phenolic OH excluding ortho intramolecular Hbond substituents is 1. The number of phenols is 1. The monoisotopic (exact) mass is 237 g/mol. The van der Waals surface area contributed by atoms with Crippen LogP contribution in [0, 0.1) is 0 Å². The standard InChI is InChI=1S/C9H10F3NOS/c1-15-6-4-2-3-5(7(6)14)8(13)9(10,11)12/h2-4,8,14H,13H2,1H3/t8-/m1/s1. The number of aromatic hydroxyl groups is 1. The second kappa shape index (κ2) is 4.32. The van der Waals surface area contributed by atoms with Crippen molar-refractivity contribution in [1.82, 2.24) is 0 Å². The van der Waals surface area contributed by atoms with Gasteiger partial charge in [0.15, 0.2) is 0 Å². The number of halogens is 3. The molecule has 2 nitrogen and oxygen atoms in total. The summed E-state index contributed by atoms with van der Waals surface area (Å²) in [6.07, 6.45) is -2.88. The fourth-order valence-corrected chi connectivity index (χ4v) is 1.66. The summed E-state index contributed by atoms with van der Waals surface area (Å²) >= 11 is 1.16. The highest BCUT2D eigenvalue weighted by molar-refractivity contribution is 7.98. The lowest BCUT2D eigenvalue weighted by molar-refractivity contribution is -0.149. The van der Waals surface area contributed by atoms with Gasteiger partial charge in [0.1, 0.15) is 11.8 Å². The number of hydrogen-bond acceptors (Lipinski definition) is 3. The second-order valence-electron chi connectivity index (χ2n) is 2.92. The van der Waals surface area contributed by atoms with Crippen LogP contribution < -0.4 is 5.73 Å². The van der Waals surface area contributed by atoms with Gasteiger partial charge >= 0.3 is 6.18 Å². The SMILES string of the molecule is CSc1cccc([C@@H](N)C(F)(F)F)c1O. The van der Waals surface area contributed by atoms with E-state index in [9.17, 15) is 18.3 Å². The van der Waals surface area contributed by atoms with Crippen molar-refractivity contribution in [3.8, 4) is 5.75 Å². The number of benzene rings is 1. The maximum absolute atomic E-state index is 12.3. The molecule has 0 saturated carbocycles. The Morgan fingerprint density at radius 3 is 2.47 bits per heavy atom. The molecule has 3 N–H and O–H groups in total. The van der Waals surface area contributed by atoms with Crippen LogP contribution in [0.1, 0.15) is 11.6 Å². The summed E-state index contributed by atoms with van der Waals surface area (Å²) < 4.78 is 36.9. The van der Waals surface area contributed by atoms with E-state index in [4.69, 9.17) is 5.73 Å². The van der Waals surface area contributed by atoms with Crippen LogP contribution in [0.25, 0.3) is 0 Å². The molecule has 0 heterocycles. The zero-order chi connectivity index (χ0) is 11.6. The van der Waals surface area contributed by atoms with E-state index in [1.54, 1.807) is 6.26 Å². The van der Waals surface area contributed by atoms with E-state index < -0.39 is 18.0 Å². The van der Waals surface area contributed by atoms with E-state index in [0.29, 0.717) is 4.90 Å². The van der Waals surface area contributed by atoms with E-state index in [0.717, 1.165) is 11.8 Å². The third-order valence-corrected chi connectivity index (χ3v) is 2.71. The average molecular weight is 237 g/mol. The van der Waals surface area contributed by atoms with Crippen LogP contribution in [0.15, 0.2) is 23.1 Å². The Balaban J connectivity index is 3.15. The van der Waals surface area contributed by atoms with Gasteiger partial charge in [-0.3, -0.25) is 0 Å². The van der Waals surface area contributed by atoms with Gasteiger partial charge < -0.3 is 10.8 Å². The number of hydrogen-bond donors (Lipinski definition) is 2. The first-order valence-electron chi connectivity index (χ1n) is 4.06. The highest BCUT2D eigenvalue weighted by atomic mass is 32.2. The number of rotatable bonds is 2. The number of para-hydroxylation sites is 1. The predicted molar refractivity (Wildman–Crippen MR) is 52.9 cm³/mol. The lowest BCUT2D eigenvalue weighted by Crippen LogP contribution is -2.28. The molecule has 84 valence electrons. The van der Waals surface area contributed by atoms with E-state index in [-0.39, 0.29) is 5.56 Å². The summed E-state index contributed by atoms with van der Waals surface area (Å²) in [5.74, 6) is -0.394. The fraction of sp³-hybridized carbons (Fsp3) is 0.333. The molecule has 0 aliphatic carbocycles. The Morgan fingerprint density at radius 2 is 2.00 bits per heavy atom. The first-order chi connectivity index (χ1) is 6.88. The van der Waals surface area contributed by atoms with Gasteiger partial charge in [-0.15, -0.1) is 11.8 Å². The van der Waals surface area contributed by atoms with Gasteiger partial charge in [-0.05, 0) is 12.3 Å². The minimum Gasteiger partial charge on any atom is -0.506 e. The minimum atomic E-state index is -4.55. The maximum atomic E-state index is 12.3. The molecular formula is C9H10F3NOS. The molecule has 0 fully saturated rings. The Bertz CT molecular complexity index is 354. The number of thioether (sulfide) groups is 1. The summed E-state index contributed by atoms with van der Waals surface area (Å²) in [5, 5.41) is 9.52. The Hall–Kier alpha value is -0.880. The van der Waals surface area contributed by atoms with Gasteiger partial charge in [0.2, 0.25) is 0 Å². The van der Waals surface area contributed by atoms with E-state index in [2.05, 4.69) is 0 Å². The van der Waals surface area contributed by atoms with Crippen molar-refractivity contribution in [2.24, 2.45) is 5.73 Å². The molecule has 1 rings (SSSR count). The van der Waals surface area contributed by atoms with E-state index in [1.807, 2.05) is 0 Å². The molecule has 0 radical (unpaired) electrons. The number of alkyl halides is 3. The second-order valence-corrected chi connectivity index (χ2v) is 3.77. The molecule has 0 aromatic heterocycles. The molecule has 0 aliphatic rings. The topological polar surface area (TPSA) is 46.2 Å².